The molecule has 14 heterocycles. The Labute approximate surface area is 829 Å². The molecule has 0 saturated heterocycles. The number of benzene rings is 6. The van der Waals surface area contributed by atoms with Gasteiger partial charge in [0.05, 0.1) is 142 Å². The van der Waals surface area contributed by atoms with E-state index in [2.05, 4.69) is 77.3 Å². The van der Waals surface area contributed by atoms with Crippen LogP contribution in [0, 0.1) is 0 Å². The van der Waals surface area contributed by atoms with Gasteiger partial charge in [-0.2, -0.15) is 0 Å². The number of fused-ring (bicyclic) bond motifs is 4. The summed E-state index contributed by atoms with van der Waals surface area (Å²) in [6, 6.07) is 18.1. The van der Waals surface area contributed by atoms with Crippen molar-refractivity contribution in [2.45, 2.75) is 151 Å². The minimum atomic E-state index is -3.22. The van der Waals surface area contributed by atoms with Crippen molar-refractivity contribution in [1.82, 2.24) is 0 Å². The van der Waals surface area contributed by atoms with Crippen LogP contribution in [0.25, 0.3) is 21.9 Å². The predicted octanol–water partition coefficient (Wildman–Crippen LogP) is 7.38. The number of carbonyl (C=O) groups is 8. The first-order chi connectivity index (χ1) is 63.2. The molecule has 10 atom stereocenters. The van der Waals surface area contributed by atoms with Crippen LogP contribution in [0.4, 0.5) is 34.1 Å². The zero-order chi connectivity index (χ0) is 96.8. The van der Waals surface area contributed by atoms with Crippen molar-refractivity contribution in [3.05, 3.63) is 171 Å². The van der Waals surface area contributed by atoms with Crippen LogP contribution in [0.15, 0.2) is 85.2 Å². The Morgan fingerprint density at radius 2 is 0.772 bits per heavy atom. The van der Waals surface area contributed by atoms with Gasteiger partial charge in [-0.1, -0.05) is 12.1 Å². The van der Waals surface area contributed by atoms with Crippen molar-refractivity contribution < 1.29 is 178 Å². The van der Waals surface area contributed by atoms with E-state index in [1.807, 2.05) is 12.1 Å². The normalized spacial score (nSPS) is 21.3. The molecule has 729 valence electrons. The summed E-state index contributed by atoms with van der Waals surface area (Å²) in [5, 5.41) is 136. The van der Waals surface area contributed by atoms with E-state index in [1.165, 1.54) is 39.5 Å². The van der Waals surface area contributed by atoms with Gasteiger partial charge >= 0.3 is 69.9 Å². The van der Waals surface area contributed by atoms with Crippen LogP contribution < -0.4 is 79.7 Å². The molecule has 20 rings (SSSR count). The van der Waals surface area contributed by atoms with Gasteiger partial charge in [0.25, 0.3) is 5.97 Å². The molecule has 6 aromatic carbocycles. The first-order valence-corrected chi connectivity index (χ1v) is 47.2. The van der Waals surface area contributed by atoms with E-state index in [9.17, 15) is 109 Å². The number of nitrogens with zero attached hydrogens (tertiary/aromatic N) is 6. The number of Topliss-reactive ketones (excluding diaryl/α,β-unsaturated/α-hetero) is 2. The molecule has 0 saturated carbocycles. The fourth-order valence-electron chi connectivity index (χ4n) is 18.7. The smallest absolute Gasteiger partial charge is 1.00 e. The van der Waals surface area contributed by atoms with Crippen LogP contribution in [-0.4, -0.2) is 242 Å². The van der Waals surface area contributed by atoms with Crippen molar-refractivity contribution in [2.75, 3.05) is 143 Å². The number of esters is 3. The number of aliphatic carboxylic acids is 1. The third-order valence-corrected chi connectivity index (χ3v) is 24.9. The van der Waals surface area contributed by atoms with Gasteiger partial charge in [-0.25, -0.2) is 19.2 Å². The summed E-state index contributed by atoms with van der Waals surface area (Å²) in [6.45, 7) is 9.87. The third kappa shape index (κ3) is 23.9. The molecule has 12 aliphatic rings. The number of phenols is 2. The topological polar surface area (TPSA) is 563 Å². The molecule has 0 aliphatic carbocycles. The molecule has 136 heavy (non-hydrogen) atoms. The molecule has 10 unspecified atom stereocenters. The Kier molecular flexibility index (Phi) is 38.3. The average molecular weight is 2050 g/mol. The van der Waals surface area contributed by atoms with Crippen molar-refractivity contribution in [3.8, 4) is 23.0 Å². The van der Waals surface area contributed by atoms with Crippen LogP contribution in [0.2, 0.25) is 0 Å². The van der Waals surface area contributed by atoms with E-state index in [1.54, 1.807) is 50.6 Å². The Morgan fingerprint density at radius 3 is 1.18 bits per heavy atom. The van der Waals surface area contributed by atoms with Crippen LogP contribution in [-0.2, 0) is 33.2 Å². The summed E-state index contributed by atoms with van der Waals surface area (Å²) in [4.78, 5) is 124. The Hall–Kier alpha value is -9.66. The van der Waals surface area contributed by atoms with E-state index in [0.717, 1.165) is 91.1 Å². The molecule has 3 radical (unpaired) electrons. The summed E-state index contributed by atoms with van der Waals surface area (Å²) in [5.74, 6) is -2.68. The number of aliphatic hydroxyl groups excluding tert-OH is 10. The maximum absolute atomic E-state index is 12.1. The van der Waals surface area contributed by atoms with Gasteiger partial charge in [-0.15, -0.1) is 17.0 Å². The monoisotopic (exact) mass is 2040 g/mol. The number of phenolic OH excluding ortho intramolecular Hbond substituents is 2. The maximum atomic E-state index is 12.1. The number of ketones is 2. The van der Waals surface area contributed by atoms with Gasteiger partial charge in [0.2, 0.25) is 0 Å². The fourth-order valence-corrected chi connectivity index (χ4v) is 18.7. The number of carbonyl (C=O) groups excluding carboxylic acids is 6. The quantitative estimate of drug-likeness (QED) is 0.0141. The second-order valence-electron chi connectivity index (χ2n) is 32.9. The number of hydrogen-bond acceptors (Lipinski definition) is 36. The third-order valence-electron chi connectivity index (χ3n) is 24.9. The maximum Gasteiger partial charge on any atom is 1.00 e. The largest absolute Gasteiger partial charge is 1.00 e. The van der Waals surface area contributed by atoms with Gasteiger partial charge in [0, 0.05) is 179 Å². The van der Waals surface area contributed by atoms with E-state index < -0.39 is 113 Å². The molecule has 0 fully saturated rings. The van der Waals surface area contributed by atoms with E-state index >= 15 is 0 Å². The van der Waals surface area contributed by atoms with Gasteiger partial charge in [-0.05, 0) is 153 Å². The fraction of sp³-hybridized carbons (Fsp3) is 0.451. The number of hydrogen-bond donors (Lipinski definition) is 14. The number of carboxylic acids is 2. The summed E-state index contributed by atoms with van der Waals surface area (Å²) >= 11 is 13.8. The van der Waals surface area contributed by atoms with Gasteiger partial charge < -0.3 is 135 Å². The molecular formula is C91H106BBrCl3N6NaO32P. The number of methoxy groups -OCH3 is 5. The molecule has 45 heteroatoms. The average Bonchev–Trinajstić information content (AvgIpc) is 0.731. The molecule has 12 aliphatic heterocycles. The minimum Gasteiger partial charge on any atom is -1.00 e. The Balaban J connectivity index is 0.000000195. The van der Waals surface area contributed by atoms with Gasteiger partial charge in [-0.3, -0.25) is 33.3 Å². The molecule has 0 bridgehead atoms. The zero-order valence-corrected chi connectivity index (χ0v) is 82.1. The number of aliphatic hydroxyl groups is 10. The molecule has 0 spiro atoms. The number of rotatable bonds is 7. The Bertz CT molecular complexity index is 5980. The first kappa shape index (κ1) is 110. The number of anilines is 6. The number of ether oxygens (including phenoxy) is 5. The molecule has 2 aromatic heterocycles. The number of halogens is 4. The molecule has 8 aromatic rings. The summed E-state index contributed by atoms with van der Waals surface area (Å²) < 4.78 is 43.6. The number of aldehydes is 1. The number of aromatic carboxylic acids is 1. The second-order valence-corrected chi connectivity index (χ2v) is 39.6. The SMILES string of the molecule is Br.CC(=O)O.COC(=O)CC(=O)OC.COC(=O)c1cc2cc3c4c(c2oc1=O)C(O)CCN4CCC3O.COc1ccc2c3c1C(=O)CCN3CCC2=O.COc1ccc2c3c1C(O)CCN3CCC2O.O=C(O)c1cc2cc3c4c(c2oc1=O)C(O)CCN4CCC3O.O=Cc1cc2c3c(c1O)C(O)CCN3CCC2O.O=P(Cl)(Cl)Cl.Oc1ccc2c3c1C(O)CCN3CCC2O.[B].[H-].[Na+]. The van der Waals surface area contributed by atoms with Crippen molar-refractivity contribution in [2.24, 2.45) is 0 Å². The molecule has 38 nitrogen and oxygen atoms in total. The van der Waals surface area contributed by atoms with E-state index in [0.29, 0.717) is 201 Å². The standard InChI is InChI=1S/C17H17NO6.C16H15NO6.C13H15NO4.C13H17NO3.C13H13NO3.C12H15NO3.C5H8O4.C2H4O2.B.BrH.Cl3OP.Na.H/c1-23-16(21)10-7-8-6-9-11(19)2-4-18-5-3-12(20)13(14(9)18)15(8)24-17(10)22;18-10-1-3-17-4-2-11(19)12-13(17)8(10)5-7-6-9(15(20)21)16(22)23-14(7)12;15-6-7-5-8-9(16)1-3-14-4-2-10(17)11(12(8)14)13(7)18;2*1-17-11-3-2-8-9(15)4-6-14-7-5-10(16)12(11)13(8)14;14-8-3-5-13-6-4-10(16)11-9(15)2-1-7(8)12(11)13;1-8-4(6)3-5(7)9-2;1-2(3)4;;;1-5(2,3)4;;/h6-7,11-12,19-20H,2-5H2,1H3;5-6,10-11,18-19H,1-4H2,(H,20,21);5-6,9-10,16-18H,1-4H2;2-3,9-10,15-16H,4-7H2,1H3;2-3H,4-7H2,1H3;1-2,8,10,14-16H,3-6H2;3H2,1-2H3;1H3,(H,3,4);;1H;;;/q;;;;;;;;;;;+1;-1. The molecular weight excluding hydrogens is 1940 g/mol. The van der Waals surface area contributed by atoms with Gasteiger partial charge in [0.1, 0.15) is 51.7 Å². The van der Waals surface area contributed by atoms with E-state index in [-0.39, 0.29) is 108 Å². The van der Waals surface area contributed by atoms with Crippen molar-refractivity contribution in [1.29, 1.82) is 0 Å². The zero-order valence-electron chi connectivity index (χ0n) is 76.2. The molecule has 0 amide bonds. The summed E-state index contributed by atoms with van der Waals surface area (Å²) in [6.07, 6.45) is 1.07. The van der Waals surface area contributed by atoms with Gasteiger partial charge in [0.15, 0.2) is 17.9 Å². The van der Waals surface area contributed by atoms with Crippen LogP contribution in [0.1, 0.15) is 260 Å². The number of aromatic hydroxyl groups is 2. The van der Waals surface area contributed by atoms with E-state index in [4.69, 9.17) is 33.3 Å². The van der Waals surface area contributed by atoms with Crippen LogP contribution >= 0.6 is 55.9 Å². The molecule has 14 N–H and O–H groups in total. The summed E-state index contributed by atoms with van der Waals surface area (Å²) in [7, 11) is 6.78. The van der Waals surface area contributed by atoms with Crippen LogP contribution in [0.5, 0.6) is 23.0 Å². The first-order valence-electron chi connectivity index (χ1n) is 42.8. The van der Waals surface area contributed by atoms with Crippen molar-refractivity contribution >= 4 is 168 Å². The number of carboxylic acid groups (broad SMARTS) is 2. The van der Waals surface area contributed by atoms with Crippen molar-refractivity contribution in [3.63, 3.8) is 0 Å². The Morgan fingerprint density at radius 1 is 0.441 bits per heavy atom. The summed E-state index contributed by atoms with van der Waals surface area (Å²) in [5.41, 5.74) is 10.7. The minimum absolute atomic E-state index is 0. The second kappa shape index (κ2) is 47.3. The predicted molar refractivity (Wildman–Crippen MR) is 502 cm³/mol. The van der Waals surface area contributed by atoms with Crippen LogP contribution in [0.3, 0.4) is 0 Å².